The zero-order valence-corrected chi connectivity index (χ0v) is 9.22. The average Bonchev–Trinajstić information content (AvgIpc) is 2.81. The van der Waals surface area contributed by atoms with Gasteiger partial charge in [0, 0.05) is 25.1 Å². The largest absolute Gasteiger partial charge is 0.433 e. The van der Waals surface area contributed by atoms with E-state index in [4.69, 9.17) is 0 Å². The summed E-state index contributed by atoms with van der Waals surface area (Å²) in [5, 5.41) is 6.67. The van der Waals surface area contributed by atoms with E-state index in [9.17, 15) is 13.2 Å². The highest BCUT2D eigenvalue weighted by Gasteiger charge is 2.32. The van der Waals surface area contributed by atoms with Gasteiger partial charge in [-0.3, -0.25) is 4.68 Å². The highest BCUT2D eigenvalue weighted by atomic mass is 19.4. The maximum Gasteiger partial charge on any atom is 0.433 e. The Kier molecular flexibility index (Phi) is 3.45. The quantitative estimate of drug-likeness (QED) is 0.907. The van der Waals surface area contributed by atoms with Crippen molar-refractivity contribution in [1.29, 1.82) is 0 Å². The molecular formula is C10H10F3N5. The average molecular weight is 257 g/mol. The Morgan fingerprint density at radius 3 is 2.78 bits per heavy atom. The first-order chi connectivity index (χ1) is 8.55. The molecule has 2 aromatic rings. The lowest BCUT2D eigenvalue weighted by molar-refractivity contribution is -0.141. The molecule has 0 saturated heterocycles. The molecular weight excluding hydrogens is 247 g/mol. The minimum Gasteiger partial charge on any atom is -0.352 e. The summed E-state index contributed by atoms with van der Waals surface area (Å²) in [4.78, 5) is 7.11. The maximum absolute atomic E-state index is 12.4. The van der Waals surface area contributed by atoms with E-state index in [-0.39, 0.29) is 5.95 Å². The van der Waals surface area contributed by atoms with Crippen LogP contribution < -0.4 is 5.32 Å². The third kappa shape index (κ3) is 3.19. The molecule has 0 unspecified atom stereocenters. The van der Waals surface area contributed by atoms with Gasteiger partial charge in [0.25, 0.3) is 0 Å². The Labute approximate surface area is 101 Å². The van der Waals surface area contributed by atoms with Gasteiger partial charge < -0.3 is 5.32 Å². The Bertz CT molecular complexity index is 494. The molecule has 0 aliphatic carbocycles. The molecule has 18 heavy (non-hydrogen) atoms. The summed E-state index contributed by atoms with van der Waals surface area (Å²) in [5.74, 6) is -0.0445. The Hall–Kier alpha value is -2.12. The fraction of sp³-hybridized carbons (Fsp3) is 0.300. The van der Waals surface area contributed by atoms with Gasteiger partial charge in [-0.05, 0) is 12.1 Å². The van der Waals surface area contributed by atoms with Crippen LogP contribution in [-0.2, 0) is 12.7 Å². The first kappa shape index (κ1) is 12.3. The number of hydrogen-bond donors (Lipinski definition) is 1. The smallest absolute Gasteiger partial charge is 0.352 e. The van der Waals surface area contributed by atoms with Crippen molar-refractivity contribution in [2.24, 2.45) is 0 Å². The molecule has 0 saturated carbocycles. The predicted molar refractivity (Wildman–Crippen MR) is 57.8 cm³/mol. The van der Waals surface area contributed by atoms with E-state index >= 15 is 0 Å². The maximum atomic E-state index is 12.4. The highest BCUT2D eigenvalue weighted by molar-refractivity contribution is 5.25. The molecule has 2 heterocycles. The number of anilines is 1. The van der Waals surface area contributed by atoms with E-state index in [2.05, 4.69) is 20.4 Å². The summed E-state index contributed by atoms with van der Waals surface area (Å²) in [7, 11) is 0. The van der Waals surface area contributed by atoms with Gasteiger partial charge in [0.15, 0.2) is 0 Å². The zero-order valence-electron chi connectivity index (χ0n) is 9.22. The van der Waals surface area contributed by atoms with E-state index in [1.165, 1.54) is 0 Å². The molecule has 0 aromatic carbocycles. The van der Waals surface area contributed by atoms with Gasteiger partial charge in [-0.2, -0.15) is 18.3 Å². The summed E-state index contributed by atoms with van der Waals surface area (Å²) < 4.78 is 38.8. The normalized spacial score (nSPS) is 11.5. The van der Waals surface area contributed by atoms with Gasteiger partial charge in [0.05, 0.1) is 6.54 Å². The lowest BCUT2D eigenvalue weighted by Crippen LogP contribution is -2.15. The predicted octanol–water partition coefficient (Wildman–Crippen LogP) is 1.80. The molecule has 5 nitrogen and oxygen atoms in total. The van der Waals surface area contributed by atoms with Crippen LogP contribution in [0.15, 0.2) is 30.7 Å². The van der Waals surface area contributed by atoms with Crippen molar-refractivity contribution < 1.29 is 13.2 Å². The molecule has 2 rings (SSSR count). The molecule has 0 fully saturated rings. The summed E-state index contributed by atoms with van der Waals surface area (Å²) in [5.41, 5.74) is -0.959. The second-order valence-electron chi connectivity index (χ2n) is 3.46. The Morgan fingerprint density at radius 1 is 1.28 bits per heavy atom. The highest BCUT2D eigenvalue weighted by Crippen LogP contribution is 2.27. The number of halogens is 3. The standard InChI is InChI=1S/C10H10F3N5/c11-10(12,13)8-2-4-14-9(17-8)15-5-7-18-6-1-3-16-18/h1-4,6H,5,7H2,(H,14,15,17). The molecule has 0 amide bonds. The van der Waals surface area contributed by atoms with Gasteiger partial charge >= 0.3 is 6.18 Å². The van der Waals surface area contributed by atoms with Crippen LogP contribution in [0.1, 0.15) is 5.69 Å². The third-order valence-electron chi connectivity index (χ3n) is 2.13. The molecule has 8 heteroatoms. The number of hydrogen-bond acceptors (Lipinski definition) is 4. The molecule has 0 aliphatic rings. The molecule has 0 radical (unpaired) electrons. The zero-order chi connectivity index (χ0) is 13.0. The second kappa shape index (κ2) is 5.03. The van der Waals surface area contributed by atoms with Crippen molar-refractivity contribution in [3.8, 4) is 0 Å². The van der Waals surface area contributed by atoms with Crippen LogP contribution >= 0.6 is 0 Å². The van der Waals surface area contributed by atoms with E-state index in [0.29, 0.717) is 13.1 Å². The topological polar surface area (TPSA) is 55.6 Å². The lowest BCUT2D eigenvalue weighted by Gasteiger charge is -2.08. The minimum absolute atomic E-state index is 0.0445. The first-order valence-corrected chi connectivity index (χ1v) is 5.17. The number of rotatable bonds is 4. The van der Waals surface area contributed by atoms with Crippen LogP contribution in [0, 0.1) is 0 Å². The van der Waals surface area contributed by atoms with Crippen molar-refractivity contribution >= 4 is 5.95 Å². The van der Waals surface area contributed by atoms with E-state index in [1.54, 1.807) is 23.1 Å². The molecule has 0 spiro atoms. The van der Waals surface area contributed by atoms with E-state index in [0.717, 1.165) is 12.3 Å². The summed E-state index contributed by atoms with van der Waals surface area (Å²) >= 11 is 0. The fourth-order valence-electron chi connectivity index (χ4n) is 1.32. The van der Waals surface area contributed by atoms with Crippen molar-refractivity contribution in [1.82, 2.24) is 19.7 Å². The van der Waals surface area contributed by atoms with Crippen molar-refractivity contribution in [3.63, 3.8) is 0 Å². The van der Waals surface area contributed by atoms with Crippen LogP contribution in [-0.4, -0.2) is 26.3 Å². The minimum atomic E-state index is -4.46. The molecule has 0 aliphatic heterocycles. The Balaban J connectivity index is 1.93. The van der Waals surface area contributed by atoms with Crippen LogP contribution in [0.3, 0.4) is 0 Å². The van der Waals surface area contributed by atoms with Crippen LogP contribution in [0.4, 0.5) is 19.1 Å². The van der Waals surface area contributed by atoms with Crippen molar-refractivity contribution in [2.75, 3.05) is 11.9 Å². The van der Waals surface area contributed by atoms with E-state index < -0.39 is 11.9 Å². The van der Waals surface area contributed by atoms with Gasteiger partial charge in [-0.15, -0.1) is 0 Å². The lowest BCUT2D eigenvalue weighted by atomic mass is 10.4. The van der Waals surface area contributed by atoms with Gasteiger partial charge in [-0.1, -0.05) is 0 Å². The van der Waals surface area contributed by atoms with Crippen LogP contribution in [0.25, 0.3) is 0 Å². The van der Waals surface area contributed by atoms with Gasteiger partial charge in [0.2, 0.25) is 5.95 Å². The Morgan fingerprint density at radius 2 is 2.11 bits per heavy atom. The molecule has 0 bridgehead atoms. The van der Waals surface area contributed by atoms with E-state index in [1.807, 2.05) is 0 Å². The number of aromatic nitrogens is 4. The number of alkyl halides is 3. The van der Waals surface area contributed by atoms with Crippen LogP contribution in [0.2, 0.25) is 0 Å². The van der Waals surface area contributed by atoms with Crippen molar-refractivity contribution in [3.05, 3.63) is 36.4 Å². The van der Waals surface area contributed by atoms with Gasteiger partial charge in [0.1, 0.15) is 5.69 Å². The van der Waals surface area contributed by atoms with Gasteiger partial charge in [-0.25, -0.2) is 9.97 Å². The number of nitrogens with one attached hydrogen (secondary N) is 1. The third-order valence-corrected chi connectivity index (χ3v) is 2.13. The fourth-order valence-corrected chi connectivity index (χ4v) is 1.32. The second-order valence-corrected chi connectivity index (χ2v) is 3.46. The number of nitrogens with zero attached hydrogens (tertiary/aromatic N) is 4. The molecule has 96 valence electrons. The molecule has 1 N–H and O–H groups in total. The van der Waals surface area contributed by atoms with Crippen LogP contribution in [0.5, 0.6) is 0 Å². The SMILES string of the molecule is FC(F)(F)c1ccnc(NCCn2cccn2)n1. The molecule has 0 atom stereocenters. The van der Waals surface area contributed by atoms with Crippen molar-refractivity contribution in [2.45, 2.75) is 12.7 Å². The molecule has 2 aromatic heterocycles. The summed E-state index contributed by atoms with van der Waals surface area (Å²) in [6.07, 6.45) is 0.00285. The summed E-state index contributed by atoms with van der Waals surface area (Å²) in [6.45, 7) is 0.912. The monoisotopic (exact) mass is 257 g/mol. The summed E-state index contributed by atoms with van der Waals surface area (Å²) in [6, 6.07) is 2.60. The first-order valence-electron chi connectivity index (χ1n) is 5.17.